The molecule has 202 valence electrons. The topological polar surface area (TPSA) is 102 Å². The Morgan fingerprint density at radius 2 is 1.79 bits per heavy atom. The van der Waals surface area contributed by atoms with Crippen molar-refractivity contribution in [3.8, 4) is 17.2 Å². The van der Waals surface area contributed by atoms with Gasteiger partial charge in [-0.1, -0.05) is 26.0 Å². The molecule has 2 N–H and O–H groups in total. The Balaban J connectivity index is 1.82. The van der Waals surface area contributed by atoms with Gasteiger partial charge in [0, 0.05) is 47.7 Å². The van der Waals surface area contributed by atoms with Crippen molar-refractivity contribution in [2.24, 2.45) is 11.8 Å². The SMILES string of the molecule is CCOC(=O)c1cc(-c2ccc(N3CCC(C#N)CC3)cc2)c(C(=N)C(C)C)c(Nc2cc(F)cc(F)c2)n1. The molecule has 1 aromatic heterocycles. The summed E-state index contributed by atoms with van der Waals surface area (Å²) >= 11 is 0. The summed E-state index contributed by atoms with van der Waals surface area (Å²) in [5.41, 5.74) is 3.10. The molecule has 0 atom stereocenters. The predicted octanol–water partition coefficient (Wildman–Crippen LogP) is 6.71. The summed E-state index contributed by atoms with van der Waals surface area (Å²) < 4.78 is 33.1. The Morgan fingerprint density at radius 3 is 2.36 bits per heavy atom. The second-order valence-electron chi connectivity index (χ2n) is 9.79. The molecule has 2 aromatic carbocycles. The fourth-order valence-electron chi connectivity index (χ4n) is 4.62. The van der Waals surface area contributed by atoms with Gasteiger partial charge in [-0.25, -0.2) is 18.6 Å². The fraction of sp³-hybridized carbons (Fsp3) is 0.333. The summed E-state index contributed by atoms with van der Waals surface area (Å²) in [7, 11) is 0. The molecule has 1 saturated heterocycles. The minimum atomic E-state index is -0.769. The average Bonchev–Trinajstić information content (AvgIpc) is 2.92. The van der Waals surface area contributed by atoms with Crippen molar-refractivity contribution < 1.29 is 18.3 Å². The van der Waals surface area contributed by atoms with Crippen LogP contribution in [0.2, 0.25) is 0 Å². The molecule has 39 heavy (non-hydrogen) atoms. The number of hydrogen-bond donors (Lipinski definition) is 2. The molecule has 3 aromatic rings. The van der Waals surface area contributed by atoms with Crippen molar-refractivity contribution in [1.29, 1.82) is 10.7 Å². The number of ether oxygens (including phenoxy) is 1. The number of benzene rings is 2. The van der Waals surface area contributed by atoms with E-state index in [9.17, 15) is 18.8 Å². The van der Waals surface area contributed by atoms with Crippen LogP contribution in [0.25, 0.3) is 11.1 Å². The molecule has 1 fully saturated rings. The van der Waals surface area contributed by atoms with Gasteiger partial charge >= 0.3 is 5.97 Å². The van der Waals surface area contributed by atoms with Crippen molar-refractivity contribution in [2.45, 2.75) is 33.6 Å². The molecule has 0 saturated carbocycles. The van der Waals surface area contributed by atoms with Crippen molar-refractivity contribution in [3.63, 3.8) is 0 Å². The van der Waals surface area contributed by atoms with E-state index in [0.717, 1.165) is 55.4 Å². The second kappa shape index (κ2) is 12.0. The smallest absolute Gasteiger partial charge is 0.357 e. The number of anilines is 3. The molecule has 0 amide bonds. The van der Waals surface area contributed by atoms with Gasteiger partial charge in [-0.2, -0.15) is 5.26 Å². The molecule has 2 heterocycles. The van der Waals surface area contributed by atoms with E-state index < -0.39 is 17.6 Å². The quantitative estimate of drug-likeness (QED) is 0.247. The van der Waals surface area contributed by atoms with Gasteiger partial charge in [0.2, 0.25) is 0 Å². The van der Waals surface area contributed by atoms with Crippen molar-refractivity contribution >= 4 is 28.9 Å². The Bertz CT molecular complexity index is 1390. The molecular formula is C30H31F2N5O2. The first kappa shape index (κ1) is 27.7. The van der Waals surface area contributed by atoms with E-state index >= 15 is 0 Å². The third kappa shape index (κ3) is 6.40. The van der Waals surface area contributed by atoms with Crippen molar-refractivity contribution in [3.05, 3.63) is 71.4 Å². The third-order valence-electron chi connectivity index (χ3n) is 6.70. The lowest BCUT2D eigenvalue weighted by Gasteiger charge is -2.31. The lowest BCUT2D eigenvalue weighted by Crippen LogP contribution is -2.33. The minimum absolute atomic E-state index is 0.00850. The monoisotopic (exact) mass is 531 g/mol. The van der Waals surface area contributed by atoms with E-state index in [1.165, 1.54) is 0 Å². The van der Waals surface area contributed by atoms with Gasteiger partial charge in [0.25, 0.3) is 0 Å². The van der Waals surface area contributed by atoms with E-state index in [2.05, 4.69) is 21.3 Å². The van der Waals surface area contributed by atoms with E-state index in [-0.39, 0.29) is 41.4 Å². The highest BCUT2D eigenvalue weighted by Gasteiger charge is 2.24. The predicted molar refractivity (Wildman–Crippen MR) is 147 cm³/mol. The number of pyridine rings is 1. The fourth-order valence-corrected chi connectivity index (χ4v) is 4.62. The standard InChI is InChI=1S/C30H31F2N5O2/c1-4-39-30(38)26-16-25(20-5-7-24(8-6-20)37-11-9-19(17-33)10-12-37)27(28(34)18(2)3)29(36-26)35-23-14-21(31)13-22(32)15-23/h5-8,13-16,18-19,34H,4,9-12H2,1-3H3,(H,35,36). The molecule has 7 nitrogen and oxygen atoms in total. The van der Waals surface area contributed by atoms with Crippen LogP contribution in [0.4, 0.5) is 26.0 Å². The molecule has 9 heteroatoms. The van der Waals surface area contributed by atoms with E-state index in [1.807, 2.05) is 38.1 Å². The molecule has 1 aliphatic rings. The van der Waals surface area contributed by atoms with Gasteiger partial charge in [-0.05, 0) is 67.1 Å². The summed E-state index contributed by atoms with van der Waals surface area (Å²) in [4.78, 5) is 19.4. The first-order valence-electron chi connectivity index (χ1n) is 13.0. The first-order valence-corrected chi connectivity index (χ1v) is 13.0. The first-order chi connectivity index (χ1) is 18.7. The highest BCUT2D eigenvalue weighted by atomic mass is 19.1. The third-order valence-corrected chi connectivity index (χ3v) is 6.70. The van der Waals surface area contributed by atoms with Gasteiger partial charge in [0.15, 0.2) is 5.69 Å². The summed E-state index contributed by atoms with van der Waals surface area (Å²) in [5.74, 6) is -2.18. The normalized spacial score (nSPS) is 13.7. The van der Waals surface area contributed by atoms with Crippen LogP contribution in [-0.2, 0) is 4.74 Å². The van der Waals surface area contributed by atoms with E-state index in [4.69, 9.17) is 10.1 Å². The van der Waals surface area contributed by atoms with E-state index in [1.54, 1.807) is 13.0 Å². The lowest BCUT2D eigenvalue weighted by atomic mass is 9.91. The maximum Gasteiger partial charge on any atom is 0.357 e. The number of aromatic nitrogens is 1. The molecule has 0 unspecified atom stereocenters. The van der Waals surface area contributed by atoms with Gasteiger partial charge < -0.3 is 20.4 Å². The maximum atomic E-state index is 14.0. The molecular weight excluding hydrogens is 500 g/mol. The van der Waals surface area contributed by atoms with Crippen LogP contribution in [0.15, 0.2) is 48.5 Å². The number of rotatable bonds is 8. The zero-order chi connectivity index (χ0) is 28.1. The average molecular weight is 532 g/mol. The highest BCUT2D eigenvalue weighted by Crippen LogP contribution is 2.35. The minimum Gasteiger partial charge on any atom is -0.461 e. The van der Waals surface area contributed by atoms with Crippen LogP contribution in [0, 0.1) is 40.2 Å². The largest absolute Gasteiger partial charge is 0.461 e. The number of nitrogens with one attached hydrogen (secondary N) is 2. The van der Waals surface area contributed by atoms with Crippen LogP contribution in [0.1, 0.15) is 49.7 Å². The number of carbonyl (C=O) groups excluding carboxylic acids is 1. The molecule has 0 bridgehead atoms. The molecule has 0 aliphatic carbocycles. The van der Waals surface area contributed by atoms with Crippen molar-refractivity contribution in [1.82, 2.24) is 4.98 Å². The van der Waals surface area contributed by atoms with Crippen LogP contribution in [0.5, 0.6) is 0 Å². The van der Waals surface area contributed by atoms with Crippen LogP contribution in [0.3, 0.4) is 0 Å². The second-order valence-corrected chi connectivity index (χ2v) is 9.79. The number of hydrogen-bond acceptors (Lipinski definition) is 7. The molecule has 0 spiro atoms. The van der Waals surface area contributed by atoms with Gasteiger partial charge in [0.1, 0.15) is 17.5 Å². The summed E-state index contributed by atoms with van der Waals surface area (Å²) in [6.45, 7) is 7.15. The highest BCUT2D eigenvalue weighted by molar-refractivity contribution is 6.10. The number of piperidine rings is 1. The number of carbonyl (C=O) groups is 1. The Kier molecular flexibility index (Phi) is 8.55. The molecule has 1 aliphatic heterocycles. The van der Waals surface area contributed by atoms with Gasteiger partial charge in [0.05, 0.1) is 12.7 Å². The zero-order valence-electron chi connectivity index (χ0n) is 22.2. The van der Waals surface area contributed by atoms with Crippen molar-refractivity contribution in [2.75, 3.05) is 29.9 Å². The summed E-state index contributed by atoms with van der Waals surface area (Å²) in [5, 5.41) is 21.0. The molecule has 4 rings (SSSR count). The number of nitriles is 1. The van der Waals surface area contributed by atoms with E-state index in [0.29, 0.717) is 11.1 Å². The zero-order valence-corrected chi connectivity index (χ0v) is 22.2. The van der Waals surface area contributed by atoms with Crippen LogP contribution in [-0.4, -0.2) is 36.4 Å². The Labute approximate surface area is 226 Å². The number of nitrogens with zero attached hydrogens (tertiary/aromatic N) is 3. The number of esters is 1. The Hall–Kier alpha value is -4.32. The lowest BCUT2D eigenvalue weighted by molar-refractivity contribution is 0.0519. The molecule has 0 radical (unpaired) electrons. The van der Waals surface area contributed by atoms with Gasteiger partial charge in [-0.15, -0.1) is 0 Å². The van der Waals surface area contributed by atoms with Gasteiger partial charge in [-0.3, -0.25) is 0 Å². The number of halogens is 2. The van der Waals surface area contributed by atoms with Crippen LogP contribution < -0.4 is 10.2 Å². The van der Waals surface area contributed by atoms with Crippen LogP contribution >= 0.6 is 0 Å². The summed E-state index contributed by atoms with van der Waals surface area (Å²) in [6, 6.07) is 14.7. The summed E-state index contributed by atoms with van der Waals surface area (Å²) in [6.07, 6.45) is 1.63. The maximum absolute atomic E-state index is 14.0. The Morgan fingerprint density at radius 1 is 1.15 bits per heavy atom.